The molecule has 0 bridgehead atoms. The Morgan fingerprint density at radius 1 is 1.35 bits per heavy atom. The molecule has 112 valence electrons. The first-order valence-corrected chi connectivity index (χ1v) is 7.73. The Labute approximate surface area is 116 Å². The van der Waals surface area contributed by atoms with Crippen LogP contribution in [0.1, 0.15) is 12.8 Å². The van der Waals surface area contributed by atoms with Gasteiger partial charge in [0.05, 0.1) is 0 Å². The molecule has 1 aromatic rings. The molecule has 8 nitrogen and oxygen atoms in total. The molecule has 0 radical (unpaired) electrons. The van der Waals surface area contributed by atoms with Crippen molar-refractivity contribution in [3.05, 3.63) is 27.0 Å². The van der Waals surface area contributed by atoms with E-state index in [-0.39, 0.29) is 17.5 Å². The molecule has 0 spiro atoms. The van der Waals surface area contributed by atoms with Gasteiger partial charge in [0.15, 0.2) is 4.90 Å². The van der Waals surface area contributed by atoms with Gasteiger partial charge in [-0.2, -0.15) is 4.31 Å². The van der Waals surface area contributed by atoms with Gasteiger partial charge in [0, 0.05) is 39.4 Å². The first kappa shape index (κ1) is 14.9. The van der Waals surface area contributed by atoms with Gasteiger partial charge in [-0.3, -0.25) is 9.36 Å². The molecule has 1 saturated heterocycles. The van der Waals surface area contributed by atoms with Gasteiger partial charge in [0.1, 0.15) is 0 Å². The Bertz CT molecular complexity index is 734. The first-order chi connectivity index (χ1) is 9.30. The molecule has 1 unspecified atom stereocenters. The molecule has 1 aliphatic rings. The van der Waals surface area contributed by atoms with Crippen molar-refractivity contribution in [3.8, 4) is 0 Å². The fraction of sp³-hybridized carbons (Fsp3) is 0.636. The number of sulfonamides is 1. The van der Waals surface area contributed by atoms with Crippen molar-refractivity contribution in [2.24, 2.45) is 19.8 Å². The van der Waals surface area contributed by atoms with E-state index in [1.807, 2.05) is 0 Å². The van der Waals surface area contributed by atoms with Crippen molar-refractivity contribution in [1.29, 1.82) is 0 Å². The van der Waals surface area contributed by atoms with Crippen LogP contribution in [0.2, 0.25) is 0 Å². The van der Waals surface area contributed by atoms with E-state index < -0.39 is 21.3 Å². The van der Waals surface area contributed by atoms with Crippen LogP contribution in [0, 0.1) is 0 Å². The first-order valence-electron chi connectivity index (χ1n) is 6.29. The van der Waals surface area contributed by atoms with Gasteiger partial charge in [0.2, 0.25) is 10.0 Å². The van der Waals surface area contributed by atoms with E-state index in [1.54, 1.807) is 0 Å². The molecule has 20 heavy (non-hydrogen) atoms. The highest BCUT2D eigenvalue weighted by Crippen LogP contribution is 2.23. The molecule has 2 heterocycles. The van der Waals surface area contributed by atoms with Crippen molar-refractivity contribution < 1.29 is 8.42 Å². The van der Waals surface area contributed by atoms with Crippen LogP contribution in [0.25, 0.3) is 0 Å². The molecule has 1 aliphatic heterocycles. The highest BCUT2D eigenvalue weighted by Gasteiger charge is 2.36. The van der Waals surface area contributed by atoms with Crippen LogP contribution in [0.4, 0.5) is 0 Å². The number of rotatable bonds is 3. The van der Waals surface area contributed by atoms with E-state index in [1.165, 1.54) is 18.4 Å². The molecule has 0 amide bonds. The molecule has 1 aromatic heterocycles. The largest absolute Gasteiger partial charge is 0.330 e. The van der Waals surface area contributed by atoms with E-state index in [0.717, 1.165) is 15.3 Å². The lowest BCUT2D eigenvalue weighted by atomic mass is 10.2. The summed E-state index contributed by atoms with van der Waals surface area (Å²) in [6.07, 6.45) is 2.47. The van der Waals surface area contributed by atoms with E-state index >= 15 is 0 Å². The second-order valence-electron chi connectivity index (χ2n) is 4.90. The Morgan fingerprint density at radius 2 is 2.00 bits per heavy atom. The third-order valence-electron chi connectivity index (χ3n) is 3.60. The molecule has 2 N–H and O–H groups in total. The minimum Gasteiger partial charge on any atom is -0.329 e. The van der Waals surface area contributed by atoms with Gasteiger partial charge < -0.3 is 10.3 Å². The maximum absolute atomic E-state index is 12.6. The topological polar surface area (TPSA) is 107 Å². The Hall–Kier alpha value is -1.45. The minimum atomic E-state index is -3.93. The van der Waals surface area contributed by atoms with Crippen LogP contribution in [0.3, 0.4) is 0 Å². The second-order valence-corrected chi connectivity index (χ2v) is 6.76. The summed E-state index contributed by atoms with van der Waals surface area (Å²) in [6, 6.07) is -0.290. The summed E-state index contributed by atoms with van der Waals surface area (Å²) in [6.45, 7) is 0.557. The third-order valence-corrected chi connectivity index (χ3v) is 5.53. The summed E-state index contributed by atoms with van der Waals surface area (Å²) in [5.41, 5.74) is 4.20. The van der Waals surface area contributed by atoms with Gasteiger partial charge in [-0.05, 0) is 12.8 Å². The fourth-order valence-electron chi connectivity index (χ4n) is 2.44. The van der Waals surface area contributed by atoms with Crippen LogP contribution in [-0.4, -0.2) is 41.0 Å². The van der Waals surface area contributed by atoms with E-state index in [2.05, 4.69) is 0 Å². The molecule has 1 fully saturated rings. The molecule has 1 atom stereocenters. The van der Waals surface area contributed by atoms with Crippen LogP contribution in [0.15, 0.2) is 20.7 Å². The number of hydrogen-bond acceptors (Lipinski definition) is 5. The highest BCUT2D eigenvalue weighted by molar-refractivity contribution is 7.89. The van der Waals surface area contributed by atoms with E-state index in [9.17, 15) is 18.0 Å². The van der Waals surface area contributed by atoms with E-state index in [4.69, 9.17) is 5.73 Å². The highest BCUT2D eigenvalue weighted by atomic mass is 32.2. The third kappa shape index (κ3) is 2.21. The smallest absolute Gasteiger partial charge is 0.329 e. The Balaban J connectivity index is 2.62. The van der Waals surface area contributed by atoms with Crippen molar-refractivity contribution >= 4 is 10.0 Å². The molecule has 9 heteroatoms. The lowest BCUT2D eigenvalue weighted by molar-refractivity contribution is 0.391. The predicted molar refractivity (Wildman–Crippen MR) is 72.9 cm³/mol. The summed E-state index contributed by atoms with van der Waals surface area (Å²) < 4.78 is 28.3. The van der Waals surface area contributed by atoms with Gasteiger partial charge in [-0.1, -0.05) is 0 Å². The van der Waals surface area contributed by atoms with Gasteiger partial charge in [-0.15, -0.1) is 0 Å². The fourth-order valence-corrected chi connectivity index (χ4v) is 4.29. The predicted octanol–water partition coefficient (Wildman–Crippen LogP) is -1.80. The van der Waals surface area contributed by atoms with Crippen LogP contribution < -0.4 is 17.0 Å². The molecular formula is C11H18N4O4S. The molecule has 0 aromatic carbocycles. The van der Waals surface area contributed by atoms with Crippen molar-refractivity contribution in [2.75, 3.05) is 13.1 Å². The van der Waals surface area contributed by atoms with Crippen LogP contribution in [-0.2, 0) is 24.1 Å². The lowest BCUT2D eigenvalue weighted by Gasteiger charge is -2.22. The zero-order valence-corrected chi connectivity index (χ0v) is 12.3. The van der Waals surface area contributed by atoms with Crippen LogP contribution in [0.5, 0.6) is 0 Å². The Morgan fingerprint density at radius 3 is 2.60 bits per heavy atom. The average Bonchev–Trinajstić information content (AvgIpc) is 2.89. The van der Waals surface area contributed by atoms with Gasteiger partial charge in [0.25, 0.3) is 5.56 Å². The molecule has 0 saturated carbocycles. The van der Waals surface area contributed by atoms with Gasteiger partial charge >= 0.3 is 5.69 Å². The summed E-state index contributed by atoms with van der Waals surface area (Å²) in [5, 5.41) is 0. The maximum Gasteiger partial charge on any atom is 0.330 e. The lowest BCUT2D eigenvalue weighted by Crippen LogP contribution is -2.45. The maximum atomic E-state index is 12.6. The Kier molecular flexibility index (Phi) is 3.85. The zero-order valence-electron chi connectivity index (χ0n) is 11.4. The number of aryl methyl sites for hydroxylation is 1. The van der Waals surface area contributed by atoms with E-state index in [0.29, 0.717) is 19.4 Å². The van der Waals surface area contributed by atoms with Crippen molar-refractivity contribution in [3.63, 3.8) is 0 Å². The standard InChI is InChI=1S/C11H18N4O4S/c1-13-7-9(10(16)14(2)11(13)17)20(18,19)15-5-3-4-8(15)6-12/h7-8H,3-6,12H2,1-2H3. The average molecular weight is 302 g/mol. The van der Waals surface area contributed by atoms with Crippen molar-refractivity contribution in [2.45, 2.75) is 23.8 Å². The monoisotopic (exact) mass is 302 g/mol. The quantitative estimate of drug-likeness (QED) is 0.708. The minimum absolute atomic E-state index is 0.214. The summed E-state index contributed by atoms with van der Waals surface area (Å²) in [4.78, 5) is 23.3. The normalized spacial score (nSPS) is 20.4. The number of nitrogens with two attached hydrogens (primary N) is 1. The molecular weight excluding hydrogens is 284 g/mol. The number of aromatic nitrogens is 2. The zero-order chi connectivity index (χ0) is 15.1. The van der Waals surface area contributed by atoms with Crippen molar-refractivity contribution in [1.82, 2.24) is 13.4 Å². The van der Waals surface area contributed by atoms with Gasteiger partial charge in [-0.25, -0.2) is 13.2 Å². The summed E-state index contributed by atoms with van der Waals surface area (Å²) >= 11 is 0. The van der Waals surface area contributed by atoms with Crippen LogP contribution >= 0.6 is 0 Å². The summed E-state index contributed by atoms with van der Waals surface area (Å²) in [5.74, 6) is 0. The number of hydrogen-bond donors (Lipinski definition) is 1. The SMILES string of the molecule is Cn1cc(S(=O)(=O)N2CCCC2CN)c(=O)n(C)c1=O. The second kappa shape index (κ2) is 5.15. The molecule has 2 rings (SSSR count). The molecule has 0 aliphatic carbocycles. The number of nitrogens with zero attached hydrogens (tertiary/aromatic N) is 3. The summed E-state index contributed by atoms with van der Waals surface area (Å²) in [7, 11) is -1.27.